The van der Waals surface area contributed by atoms with Crippen LogP contribution >= 0.6 is 0 Å². The highest BCUT2D eigenvalue weighted by Gasteiger charge is 2.63. The minimum Gasteiger partial charge on any atom is -0.510 e. The monoisotopic (exact) mass is 581 g/mol. The van der Waals surface area contributed by atoms with Crippen molar-refractivity contribution in [1.82, 2.24) is 15.4 Å². The van der Waals surface area contributed by atoms with Crippen LogP contribution in [0.25, 0.3) is 0 Å². The van der Waals surface area contributed by atoms with Gasteiger partial charge in [0, 0.05) is 49.4 Å². The molecule has 2 amide bonds. The maximum absolute atomic E-state index is 14.1. The number of hydrogen-bond acceptors (Lipinski definition) is 12. The molecule has 0 radical (unpaired) electrons. The van der Waals surface area contributed by atoms with E-state index in [1.165, 1.54) is 17.2 Å². The van der Waals surface area contributed by atoms with Crippen molar-refractivity contribution in [1.29, 1.82) is 0 Å². The Morgan fingerprint density at radius 1 is 1.19 bits per heavy atom. The van der Waals surface area contributed by atoms with Crippen LogP contribution in [-0.2, 0) is 22.6 Å². The van der Waals surface area contributed by atoms with E-state index in [1.807, 2.05) is 0 Å². The molecular formula is C28H31N5O9. The molecule has 5 rings (SSSR count). The van der Waals surface area contributed by atoms with Gasteiger partial charge in [0.15, 0.2) is 11.4 Å². The normalized spacial score (nSPS) is 25.2. The molecule has 2 aromatic rings. The standard InChI is InChI=1S/C28H31N5O9/c1-32(2)15-9-12(10-30-27(40)16-5-6-31-42-16)21(34)18-13(15)7-11-8-14-20(33(3)4)23(36)19(26(29)39)25(38)28(14,41)24(37)17(11)22(18)35/h5-6,9,11,14,20,34,36-37,41H,7-8,10H2,1-4H3,(H2,29,39)(H,30,40)/t11-,14-,20?,28-/m0/s1. The summed E-state index contributed by atoms with van der Waals surface area (Å²) in [6.07, 6.45) is 1.42. The van der Waals surface area contributed by atoms with Gasteiger partial charge in [-0.25, -0.2) is 0 Å². The van der Waals surface area contributed by atoms with E-state index in [1.54, 1.807) is 39.2 Å². The van der Waals surface area contributed by atoms with Gasteiger partial charge in [0.25, 0.3) is 11.8 Å². The van der Waals surface area contributed by atoms with E-state index in [4.69, 9.17) is 10.3 Å². The number of primary amides is 1. The number of rotatable bonds is 6. The molecule has 0 saturated heterocycles. The number of amides is 2. The van der Waals surface area contributed by atoms with Gasteiger partial charge in [-0.1, -0.05) is 5.16 Å². The number of benzene rings is 1. The molecule has 4 atom stereocenters. The Bertz CT molecular complexity index is 1590. The van der Waals surface area contributed by atoms with Crippen LogP contribution in [0.4, 0.5) is 5.69 Å². The van der Waals surface area contributed by atoms with E-state index in [9.17, 15) is 39.6 Å². The minimum absolute atomic E-state index is 0.0195. The largest absolute Gasteiger partial charge is 0.510 e. The van der Waals surface area contributed by atoms with Crippen molar-refractivity contribution in [2.75, 3.05) is 33.1 Å². The Balaban J connectivity index is 1.64. The lowest BCUT2D eigenvalue weighted by Crippen LogP contribution is -2.63. The molecule has 1 heterocycles. The first-order valence-corrected chi connectivity index (χ1v) is 13.1. The molecule has 0 bridgehead atoms. The number of aliphatic hydroxyl groups excluding tert-OH is 2. The summed E-state index contributed by atoms with van der Waals surface area (Å²) in [5, 5.41) is 51.5. The molecule has 14 nitrogen and oxygen atoms in total. The third-order valence-electron chi connectivity index (χ3n) is 8.36. The Hall–Kier alpha value is -4.69. The summed E-state index contributed by atoms with van der Waals surface area (Å²) in [5.41, 5.74) is 2.60. The molecule has 1 aromatic heterocycles. The summed E-state index contributed by atoms with van der Waals surface area (Å²) in [4.78, 5) is 55.3. The van der Waals surface area contributed by atoms with Crippen LogP contribution in [0.15, 0.2) is 45.5 Å². The van der Waals surface area contributed by atoms with Crippen molar-refractivity contribution >= 4 is 29.1 Å². The number of carbonyl (C=O) groups is 4. The fourth-order valence-corrected chi connectivity index (χ4v) is 6.48. The summed E-state index contributed by atoms with van der Waals surface area (Å²) in [7, 11) is 6.62. The number of Topliss-reactive ketones (excluding diaryl/α,β-unsaturated/α-hetero) is 2. The zero-order valence-electron chi connectivity index (χ0n) is 23.3. The van der Waals surface area contributed by atoms with Gasteiger partial charge in [-0.3, -0.25) is 24.1 Å². The topological polar surface area (TPSA) is 220 Å². The highest BCUT2D eigenvalue weighted by Crippen LogP contribution is 2.53. The number of anilines is 1. The number of allylic oxidation sites excluding steroid dienone is 1. The Morgan fingerprint density at radius 3 is 2.45 bits per heavy atom. The number of aromatic nitrogens is 1. The predicted molar refractivity (Wildman–Crippen MR) is 146 cm³/mol. The number of aromatic hydroxyl groups is 1. The Morgan fingerprint density at radius 2 is 1.88 bits per heavy atom. The lowest BCUT2D eigenvalue weighted by Gasteiger charge is -2.50. The van der Waals surface area contributed by atoms with Crippen LogP contribution in [0, 0.1) is 11.8 Å². The maximum atomic E-state index is 14.1. The molecule has 222 valence electrons. The molecule has 3 aliphatic rings. The smallest absolute Gasteiger partial charge is 0.290 e. The highest BCUT2D eigenvalue weighted by molar-refractivity contribution is 6.25. The van der Waals surface area contributed by atoms with E-state index >= 15 is 0 Å². The number of aliphatic hydroxyl groups is 3. The van der Waals surface area contributed by atoms with Crippen molar-refractivity contribution in [3.05, 3.63) is 63.4 Å². The molecular weight excluding hydrogens is 550 g/mol. The number of ketones is 2. The number of phenolic OH excluding ortho intramolecular Hbond substituents is 1. The molecule has 0 fully saturated rings. The Labute approximate surface area is 239 Å². The molecule has 0 aliphatic heterocycles. The fraction of sp³-hybridized carbons (Fsp3) is 0.393. The highest BCUT2D eigenvalue weighted by atomic mass is 16.5. The van der Waals surface area contributed by atoms with E-state index in [0.717, 1.165) is 0 Å². The van der Waals surface area contributed by atoms with Crippen molar-refractivity contribution in [2.45, 2.75) is 31.0 Å². The fourth-order valence-electron chi connectivity index (χ4n) is 6.48. The van der Waals surface area contributed by atoms with E-state index in [0.29, 0.717) is 11.3 Å². The molecule has 14 heteroatoms. The van der Waals surface area contributed by atoms with Gasteiger partial charge in [-0.2, -0.15) is 0 Å². The van der Waals surface area contributed by atoms with Crippen LogP contribution in [-0.4, -0.2) is 93.7 Å². The molecule has 1 unspecified atom stereocenters. The van der Waals surface area contributed by atoms with E-state index in [-0.39, 0.29) is 41.8 Å². The van der Waals surface area contributed by atoms with E-state index in [2.05, 4.69) is 10.5 Å². The maximum Gasteiger partial charge on any atom is 0.290 e. The number of phenols is 1. The lowest BCUT2D eigenvalue weighted by molar-refractivity contribution is -0.148. The average Bonchev–Trinajstić information content (AvgIpc) is 3.45. The van der Waals surface area contributed by atoms with Gasteiger partial charge in [0.2, 0.25) is 11.5 Å². The number of fused-ring (bicyclic) bond motifs is 3. The third-order valence-corrected chi connectivity index (χ3v) is 8.36. The second kappa shape index (κ2) is 9.99. The minimum atomic E-state index is -2.73. The van der Waals surface area contributed by atoms with Gasteiger partial charge >= 0.3 is 0 Å². The molecule has 3 aliphatic carbocycles. The molecule has 0 saturated carbocycles. The second-order valence-corrected chi connectivity index (χ2v) is 11.2. The lowest BCUT2D eigenvalue weighted by atomic mass is 9.58. The number of carbonyl (C=O) groups excluding carboxylic acids is 4. The number of nitrogens with one attached hydrogen (secondary N) is 1. The average molecular weight is 582 g/mol. The Kier molecular flexibility index (Phi) is 6.86. The van der Waals surface area contributed by atoms with Gasteiger partial charge in [-0.15, -0.1) is 0 Å². The number of hydrogen-bond donors (Lipinski definition) is 6. The molecule has 7 N–H and O–H groups in total. The third kappa shape index (κ3) is 4.05. The van der Waals surface area contributed by atoms with Crippen LogP contribution < -0.4 is 16.0 Å². The number of nitrogens with two attached hydrogens (primary N) is 1. The summed E-state index contributed by atoms with van der Waals surface area (Å²) in [6, 6.07) is 1.92. The van der Waals surface area contributed by atoms with Crippen molar-refractivity contribution in [2.24, 2.45) is 17.6 Å². The quantitative estimate of drug-likeness (QED) is 0.250. The predicted octanol–water partition coefficient (Wildman–Crippen LogP) is 0.105. The summed E-state index contributed by atoms with van der Waals surface area (Å²) < 4.78 is 4.84. The zero-order chi connectivity index (χ0) is 30.8. The molecule has 1 aromatic carbocycles. The first-order chi connectivity index (χ1) is 19.7. The number of nitrogens with zero attached hydrogens (tertiary/aromatic N) is 3. The molecule has 0 spiro atoms. The summed E-state index contributed by atoms with van der Waals surface area (Å²) in [6.45, 7) is -0.192. The SMILES string of the molecule is CN(C)c1cc(CNC(=O)c2ccno2)c(O)c2c1C[C@H]1C[C@H]3C(N(C)C)C(O)=C(C(N)=O)C(=O)[C@@]3(O)C(O)=C1C2=O. The first-order valence-electron chi connectivity index (χ1n) is 13.1. The van der Waals surface area contributed by atoms with Crippen LogP contribution in [0.5, 0.6) is 5.75 Å². The van der Waals surface area contributed by atoms with Gasteiger partial charge in [-0.05, 0) is 44.5 Å². The second-order valence-electron chi connectivity index (χ2n) is 11.2. The van der Waals surface area contributed by atoms with Gasteiger partial charge < -0.3 is 40.9 Å². The summed E-state index contributed by atoms with van der Waals surface area (Å²) in [5.74, 6) is -7.91. The zero-order valence-corrected chi connectivity index (χ0v) is 23.3. The van der Waals surface area contributed by atoms with E-state index < -0.39 is 69.7 Å². The van der Waals surface area contributed by atoms with Crippen LogP contribution in [0.1, 0.15) is 38.5 Å². The number of likely N-dealkylation sites (N-methyl/N-ethyl adjacent to an activating group) is 1. The first kappa shape index (κ1) is 28.8. The van der Waals surface area contributed by atoms with Crippen molar-refractivity contribution in [3.8, 4) is 5.75 Å². The van der Waals surface area contributed by atoms with Crippen molar-refractivity contribution in [3.63, 3.8) is 0 Å². The summed E-state index contributed by atoms with van der Waals surface area (Å²) >= 11 is 0. The van der Waals surface area contributed by atoms with Crippen LogP contribution in [0.3, 0.4) is 0 Å². The van der Waals surface area contributed by atoms with Gasteiger partial charge in [0.05, 0.1) is 17.8 Å². The van der Waals surface area contributed by atoms with Crippen LogP contribution in [0.2, 0.25) is 0 Å². The molecule has 42 heavy (non-hydrogen) atoms. The van der Waals surface area contributed by atoms with Crippen molar-refractivity contribution < 1.29 is 44.1 Å². The van der Waals surface area contributed by atoms with Gasteiger partial charge in [0.1, 0.15) is 22.8 Å².